The second-order valence-electron chi connectivity index (χ2n) is 4.14. The molecule has 2 atom stereocenters. The van der Waals surface area contributed by atoms with Crippen molar-refractivity contribution in [1.29, 1.82) is 0 Å². The van der Waals surface area contributed by atoms with Gasteiger partial charge in [-0.05, 0) is 31.3 Å². The molecule has 0 N–H and O–H groups in total. The van der Waals surface area contributed by atoms with Gasteiger partial charge >= 0.3 is 0 Å². The third-order valence-electron chi connectivity index (χ3n) is 3.26. The van der Waals surface area contributed by atoms with Gasteiger partial charge < -0.3 is 4.90 Å². The third-order valence-corrected chi connectivity index (χ3v) is 3.26. The van der Waals surface area contributed by atoms with Crippen molar-refractivity contribution in [3.05, 3.63) is 0 Å². The lowest BCUT2D eigenvalue weighted by Crippen LogP contribution is -2.22. The number of likely N-dealkylation sites (tertiary alicyclic amines) is 1. The van der Waals surface area contributed by atoms with E-state index in [0.717, 1.165) is 12.0 Å². The fourth-order valence-electron chi connectivity index (χ4n) is 2.60. The highest BCUT2D eigenvalue weighted by atomic mass is 15.2. The van der Waals surface area contributed by atoms with Gasteiger partial charge in [0.15, 0.2) is 0 Å². The van der Waals surface area contributed by atoms with Crippen LogP contribution in [-0.2, 0) is 0 Å². The zero-order valence-electron chi connectivity index (χ0n) is 6.52. The summed E-state index contributed by atoms with van der Waals surface area (Å²) in [7, 11) is 2.25. The molecule has 0 aromatic carbocycles. The van der Waals surface area contributed by atoms with E-state index < -0.39 is 0 Å². The van der Waals surface area contributed by atoms with Crippen LogP contribution in [0.1, 0.15) is 20.3 Å². The average molecular weight is 125 g/mol. The Morgan fingerprint density at radius 1 is 1.44 bits per heavy atom. The number of piperidine rings is 1. The fourth-order valence-corrected chi connectivity index (χ4v) is 2.60. The van der Waals surface area contributed by atoms with E-state index >= 15 is 0 Å². The predicted octanol–water partition coefficient (Wildman–Crippen LogP) is 1.35. The topological polar surface area (TPSA) is 3.24 Å². The molecule has 0 aromatic heterocycles. The van der Waals surface area contributed by atoms with Crippen LogP contribution < -0.4 is 0 Å². The van der Waals surface area contributed by atoms with Gasteiger partial charge in [0, 0.05) is 6.04 Å². The van der Waals surface area contributed by atoms with Crippen molar-refractivity contribution in [3.8, 4) is 0 Å². The summed E-state index contributed by atoms with van der Waals surface area (Å²) < 4.78 is 0. The number of fused-ring (bicyclic) bond motifs is 1. The van der Waals surface area contributed by atoms with E-state index in [1.807, 2.05) is 0 Å². The molecule has 0 bridgehead atoms. The molecular formula is C8H15N. The smallest absolute Gasteiger partial charge is 0.0181 e. The number of hydrogen-bond donors (Lipinski definition) is 0. The van der Waals surface area contributed by atoms with E-state index in [1.165, 1.54) is 13.0 Å². The summed E-state index contributed by atoms with van der Waals surface area (Å²) in [6.45, 7) is 6.11. The molecule has 2 aliphatic rings. The highest BCUT2D eigenvalue weighted by Crippen LogP contribution is 2.59. The Morgan fingerprint density at radius 2 is 2.11 bits per heavy atom. The van der Waals surface area contributed by atoms with E-state index in [1.54, 1.807) is 0 Å². The van der Waals surface area contributed by atoms with Gasteiger partial charge in [0.25, 0.3) is 0 Å². The first-order valence-electron chi connectivity index (χ1n) is 3.84. The Bertz CT molecular complexity index is 140. The zero-order chi connectivity index (χ0) is 6.65. The molecule has 0 aromatic rings. The first kappa shape index (κ1) is 5.72. The Morgan fingerprint density at radius 3 is 2.33 bits per heavy atom. The maximum Gasteiger partial charge on any atom is 0.0181 e. The van der Waals surface area contributed by atoms with Gasteiger partial charge in [-0.25, -0.2) is 0 Å². The van der Waals surface area contributed by atoms with Gasteiger partial charge in [-0.1, -0.05) is 13.8 Å². The van der Waals surface area contributed by atoms with Gasteiger partial charge in [-0.15, -0.1) is 0 Å². The number of rotatable bonds is 0. The fraction of sp³-hybridized carbons (Fsp3) is 1.00. The lowest BCUT2D eigenvalue weighted by Gasteiger charge is -2.15. The van der Waals surface area contributed by atoms with Crippen LogP contribution in [0.5, 0.6) is 0 Å². The third kappa shape index (κ3) is 0.536. The molecule has 52 valence electrons. The van der Waals surface area contributed by atoms with E-state index in [2.05, 4.69) is 25.8 Å². The molecule has 1 heterocycles. The van der Waals surface area contributed by atoms with Gasteiger partial charge in [0.05, 0.1) is 0 Å². The van der Waals surface area contributed by atoms with Crippen LogP contribution in [0.4, 0.5) is 0 Å². The maximum absolute atomic E-state index is 2.50. The van der Waals surface area contributed by atoms with Crippen LogP contribution in [0.25, 0.3) is 0 Å². The average Bonchev–Trinajstić information content (AvgIpc) is 2.19. The van der Waals surface area contributed by atoms with Crippen molar-refractivity contribution in [2.24, 2.45) is 11.3 Å². The molecule has 0 radical (unpaired) electrons. The zero-order valence-corrected chi connectivity index (χ0v) is 6.52. The molecule has 1 aliphatic heterocycles. The van der Waals surface area contributed by atoms with Crippen molar-refractivity contribution in [3.63, 3.8) is 0 Å². The summed E-state index contributed by atoms with van der Waals surface area (Å²) >= 11 is 0. The van der Waals surface area contributed by atoms with E-state index in [-0.39, 0.29) is 0 Å². The minimum Gasteiger partial charge on any atom is -0.303 e. The van der Waals surface area contributed by atoms with Crippen molar-refractivity contribution in [2.45, 2.75) is 26.3 Å². The van der Waals surface area contributed by atoms with Crippen LogP contribution in [0.15, 0.2) is 0 Å². The van der Waals surface area contributed by atoms with E-state index in [4.69, 9.17) is 0 Å². The standard InChI is InChI=1S/C8H15N/c1-8(2)6-4-5-9(3)7(6)8/h6-7H,4-5H2,1-3H3. The van der Waals surface area contributed by atoms with Crippen molar-refractivity contribution >= 4 is 0 Å². The van der Waals surface area contributed by atoms with Crippen molar-refractivity contribution in [1.82, 2.24) is 4.90 Å². The Kier molecular flexibility index (Phi) is 0.852. The van der Waals surface area contributed by atoms with Crippen LogP contribution in [0.2, 0.25) is 0 Å². The van der Waals surface area contributed by atoms with Gasteiger partial charge in [-0.2, -0.15) is 0 Å². The molecule has 2 unspecified atom stereocenters. The Hall–Kier alpha value is -0.0400. The number of hydrogen-bond acceptors (Lipinski definition) is 1. The Balaban J connectivity index is 2.14. The second kappa shape index (κ2) is 1.34. The minimum atomic E-state index is 0.660. The highest BCUT2D eigenvalue weighted by Gasteiger charge is 2.62. The van der Waals surface area contributed by atoms with Gasteiger partial charge in [0.2, 0.25) is 0 Å². The van der Waals surface area contributed by atoms with Crippen LogP contribution >= 0.6 is 0 Å². The van der Waals surface area contributed by atoms with Gasteiger partial charge in [-0.3, -0.25) is 0 Å². The first-order chi connectivity index (χ1) is 4.14. The van der Waals surface area contributed by atoms with Crippen molar-refractivity contribution in [2.75, 3.05) is 13.6 Å². The summed E-state index contributed by atoms with van der Waals surface area (Å²) in [6, 6.07) is 0.928. The summed E-state index contributed by atoms with van der Waals surface area (Å²) in [6.07, 6.45) is 1.44. The second-order valence-corrected chi connectivity index (χ2v) is 4.14. The molecule has 1 saturated carbocycles. The lowest BCUT2D eigenvalue weighted by molar-refractivity contribution is 0.299. The summed E-state index contributed by atoms with van der Waals surface area (Å²) in [5.41, 5.74) is 0.660. The summed E-state index contributed by atoms with van der Waals surface area (Å²) in [5, 5.41) is 0. The molecule has 0 spiro atoms. The maximum atomic E-state index is 2.50. The molecule has 1 aliphatic carbocycles. The predicted molar refractivity (Wildman–Crippen MR) is 38.3 cm³/mol. The SMILES string of the molecule is CN1CCC2C1C2(C)C. The van der Waals surface area contributed by atoms with E-state index in [9.17, 15) is 0 Å². The number of nitrogens with zero attached hydrogens (tertiary/aromatic N) is 1. The molecule has 1 saturated heterocycles. The first-order valence-corrected chi connectivity index (χ1v) is 3.84. The van der Waals surface area contributed by atoms with Crippen molar-refractivity contribution < 1.29 is 0 Å². The molecule has 2 fully saturated rings. The monoisotopic (exact) mass is 125 g/mol. The lowest BCUT2D eigenvalue weighted by atomic mass is 10.1. The summed E-state index contributed by atoms with van der Waals surface area (Å²) in [4.78, 5) is 2.50. The molecule has 2 rings (SSSR count). The minimum absolute atomic E-state index is 0.660. The molecule has 1 nitrogen and oxygen atoms in total. The molecule has 0 amide bonds. The van der Waals surface area contributed by atoms with Crippen LogP contribution in [-0.4, -0.2) is 24.5 Å². The molecule has 9 heavy (non-hydrogen) atoms. The molecular weight excluding hydrogens is 110 g/mol. The summed E-state index contributed by atoms with van der Waals surface area (Å²) in [5.74, 6) is 1.03. The normalized spacial score (nSPS) is 47.0. The highest BCUT2D eigenvalue weighted by molar-refractivity contribution is 5.14. The van der Waals surface area contributed by atoms with E-state index in [0.29, 0.717) is 5.41 Å². The largest absolute Gasteiger partial charge is 0.303 e. The van der Waals surface area contributed by atoms with Gasteiger partial charge in [0.1, 0.15) is 0 Å². The molecule has 1 heteroatoms. The van der Waals surface area contributed by atoms with Crippen LogP contribution in [0, 0.1) is 11.3 Å². The Labute approximate surface area is 57.0 Å². The quantitative estimate of drug-likeness (QED) is 0.472. The van der Waals surface area contributed by atoms with Crippen LogP contribution in [0.3, 0.4) is 0 Å².